The predicted octanol–water partition coefficient (Wildman–Crippen LogP) is 1.59. The van der Waals surface area contributed by atoms with Crippen molar-refractivity contribution in [2.45, 2.75) is 18.8 Å². The molecule has 0 amide bonds. The molecule has 1 saturated heterocycles. The highest BCUT2D eigenvalue weighted by molar-refractivity contribution is 5.76. The van der Waals surface area contributed by atoms with Gasteiger partial charge >= 0.3 is 5.76 Å². The van der Waals surface area contributed by atoms with Gasteiger partial charge < -0.3 is 9.73 Å². The summed E-state index contributed by atoms with van der Waals surface area (Å²) in [6.07, 6.45) is 2.33. The summed E-state index contributed by atoms with van der Waals surface area (Å²) in [5, 5.41) is 3.37. The Kier molecular flexibility index (Phi) is 2.29. The van der Waals surface area contributed by atoms with Crippen molar-refractivity contribution in [1.29, 1.82) is 0 Å². The van der Waals surface area contributed by atoms with E-state index in [-0.39, 0.29) is 5.76 Å². The van der Waals surface area contributed by atoms with Gasteiger partial charge in [-0.3, -0.25) is 4.98 Å². The molecule has 1 fully saturated rings. The second kappa shape index (κ2) is 3.79. The lowest BCUT2D eigenvalue weighted by Crippen LogP contribution is -2.28. The Bertz CT molecular complexity index is 549. The molecule has 1 aliphatic rings. The van der Waals surface area contributed by atoms with Gasteiger partial charge in [0.2, 0.25) is 0 Å². The summed E-state index contributed by atoms with van der Waals surface area (Å²) in [4.78, 5) is 13.9. The topological polar surface area (TPSA) is 58.0 Å². The molecule has 1 atom stereocenters. The van der Waals surface area contributed by atoms with Crippen LogP contribution in [0.25, 0.3) is 11.1 Å². The molecular formula is C12H14N2O2. The molecule has 0 radical (unpaired) electrons. The third kappa shape index (κ3) is 1.55. The van der Waals surface area contributed by atoms with Gasteiger partial charge in [0, 0.05) is 18.0 Å². The number of piperidine rings is 1. The quantitative estimate of drug-likeness (QED) is 0.764. The van der Waals surface area contributed by atoms with Gasteiger partial charge in [0.05, 0.1) is 5.52 Å². The Morgan fingerprint density at radius 1 is 1.38 bits per heavy atom. The van der Waals surface area contributed by atoms with Gasteiger partial charge in [-0.1, -0.05) is 12.1 Å². The molecule has 1 aromatic heterocycles. The van der Waals surface area contributed by atoms with E-state index < -0.39 is 0 Å². The molecule has 16 heavy (non-hydrogen) atoms. The zero-order valence-electron chi connectivity index (χ0n) is 8.95. The van der Waals surface area contributed by atoms with E-state index in [0.717, 1.165) is 36.2 Å². The van der Waals surface area contributed by atoms with E-state index >= 15 is 0 Å². The summed E-state index contributed by atoms with van der Waals surface area (Å²) in [6, 6.07) is 5.90. The van der Waals surface area contributed by atoms with Gasteiger partial charge in [-0.2, -0.15) is 0 Å². The van der Waals surface area contributed by atoms with Crippen molar-refractivity contribution in [3.05, 3.63) is 34.3 Å². The summed E-state index contributed by atoms with van der Waals surface area (Å²) >= 11 is 0. The molecule has 0 saturated carbocycles. The first-order valence-corrected chi connectivity index (χ1v) is 5.67. The zero-order chi connectivity index (χ0) is 11.0. The monoisotopic (exact) mass is 218 g/mol. The average molecular weight is 218 g/mol. The van der Waals surface area contributed by atoms with Gasteiger partial charge in [0.25, 0.3) is 0 Å². The Morgan fingerprint density at radius 2 is 2.31 bits per heavy atom. The van der Waals surface area contributed by atoms with E-state index in [1.165, 1.54) is 6.42 Å². The van der Waals surface area contributed by atoms with Gasteiger partial charge in [-0.05, 0) is 25.5 Å². The van der Waals surface area contributed by atoms with Crippen molar-refractivity contribution in [1.82, 2.24) is 10.3 Å². The number of aromatic amines is 1. The van der Waals surface area contributed by atoms with Crippen LogP contribution in [0.15, 0.2) is 27.4 Å². The summed E-state index contributed by atoms with van der Waals surface area (Å²) in [5.41, 5.74) is 2.66. The standard InChI is InChI=1S/C12H14N2O2/c15-12-14-10-5-1-4-9(11(10)16-12)8-3-2-6-13-7-8/h1,4-5,8,13H,2-3,6-7H2,(H,14,15)/t8-/m0/s1. The summed E-state index contributed by atoms with van der Waals surface area (Å²) in [5.74, 6) is 0.0858. The fourth-order valence-electron chi connectivity index (χ4n) is 2.43. The third-order valence-electron chi connectivity index (χ3n) is 3.21. The summed E-state index contributed by atoms with van der Waals surface area (Å²) < 4.78 is 5.21. The molecule has 0 spiro atoms. The van der Waals surface area contributed by atoms with E-state index in [1.807, 2.05) is 12.1 Å². The van der Waals surface area contributed by atoms with Crippen molar-refractivity contribution >= 4 is 11.1 Å². The van der Waals surface area contributed by atoms with Crippen LogP contribution in [0.2, 0.25) is 0 Å². The van der Waals surface area contributed by atoms with Crippen LogP contribution >= 0.6 is 0 Å². The molecule has 1 aliphatic heterocycles. The number of aromatic nitrogens is 1. The number of fused-ring (bicyclic) bond motifs is 1. The Morgan fingerprint density at radius 3 is 3.12 bits per heavy atom. The van der Waals surface area contributed by atoms with E-state index in [9.17, 15) is 4.79 Å². The number of H-pyrrole nitrogens is 1. The molecule has 84 valence electrons. The molecule has 4 nitrogen and oxygen atoms in total. The normalized spacial score (nSPS) is 21.4. The van der Waals surface area contributed by atoms with Crippen LogP contribution in [0.1, 0.15) is 24.3 Å². The second-order valence-corrected chi connectivity index (χ2v) is 4.28. The van der Waals surface area contributed by atoms with Crippen LogP contribution in [0.5, 0.6) is 0 Å². The fourth-order valence-corrected chi connectivity index (χ4v) is 2.43. The van der Waals surface area contributed by atoms with Crippen LogP contribution in [-0.4, -0.2) is 18.1 Å². The van der Waals surface area contributed by atoms with Crippen molar-refractivity contribution in [3.63, 3.8) is 0 Å². The molecule has 0 bridgehead atoms. The number of para-hydroxylation sites is 1. The number of nitrogens with one attached hydrogen (secondary N) is 2. The van der Waals surface area contributed by atoms with E-state index in [2.05, 4.69) is 16.4 Å². The average Bonchev–Trinajstić information content (AvgIpc) is 2.70. The van der Waals surface area contributed by atoms with Crippen LogP contribution in [0.4, 0.5) is 0 Å². The van der Waals surface area contributed by atoms with Gasteiger partial charge in [0.1, 0.15) is 0 Å². The van der Waals surface area contributed by atoms with Gasteiger partial charge in [-0.25, -0.2) is 4.79 Å². The Hall–Kier alpha value is -1.55. The van der Waals surface area contributed by atoms with Crippen LogP contribution < -0.4 is 11.1 Å². The van der Waals surface area contributed by atoms with Crippen LogP contribution in [-0.2, 0) is 0 Å². The Balaban J connectivity index is 2.11. The first kappa shape index (κ1) is 9.66. The minimum Gasteiger partial charge on any atom is -0.408 e. The smallest absolute Gasteiger partial charge is 0.408 e. The fraction of sp³-hybridized carbons (Fsp3) is 0.417. The lowest BCUT2D eigenvalue weighted by molar-refractivity contribution is 0.456. The van der Waals surface area contributed by atoms with E-state index in [0.29, 0.717) is 5.92 Å². The highest BCUT2D eigenvalue weighted by Crippen LogP contribution is 2.28. The largest absolute Gasteiger partial charge is 0.417 e. The lowest BCUT2D eigenvalue weighted by atomic mass is 9.91. The molecule has 4 heteroatoms. The molecule has 2 N–H and O–H groups in total. The number of benzene rings is 1. The minimum absolute atomic E-state index is 0.369. The number of hydrogen-bond donors (Lipinski definition) is 2. The first-order chi connectivity index (χ1) is 7.84. The number of hydrogen-bond acceptors (Lipinski definition) is 3. The van der Waals surface area contributed by atoms with Crippen molar-refractivity contribution < 1.29 is 4.42 Å². The highest BCUT2D eigenvalue weighted by Gasteiger charge is 2.19. The Labute approximate surface area is 92.7 Å². The SMILES string of the molecule is O=c1[nH]c2cccc([C@H]3CCCNC3)c2o1. The maximum Gasteiger partial charge on any atom is 0.417 e. The van der Waals surface area contributed by atoms with Gasteiger partial charge in [-0.15, -0.1) is 0 Å². The van der Waals surface area contributed by atoms with Crippen molar-refractivity contribution in [2.75, 3.05) is 13.1 Å². The zero-order valence-corrected chi connectivity index (χ0v) is 8.95. The molecule has 3 rings (SSSR count). The minimum atomic E-state index is -0.369. The first-order valence-electron chi connectivity index (χ1n) is 5.67. The van der Waals surface area contributed by atoms with Crippen LogP contribution in [0.3, 0.4) is 0 Å². The molecule has 0 unspecified atom stereocenters. The molecular weight excluding hydrogens is 204 g/mol. The molecule has 0 aliphatic carbocycles. The predicted molar refractivity (Wildman–Crippen MR) is 61.7 cm³/mol. The molecule has 2 heterocycles. The van der Waals surface area contributed by atoms with Gasteiger partial charge in [0.15, 0.2) is 5.58 Å². The summed E-state index contributed by atoms with van der Waals surface area (Å²) in [6.45, 7) is 2.05. The van der Waals surface area contributed by atoms with Crippen molar-refractivity contribution in [2.24, 2.45) is 0 Å². The molecule has 1 aromatic carbocycles. The molecule has 2 aromatic rings. The van der Waals surface area contributed by atoms with E-state index in [4.69, 9.17) is 4.42 Å². The highest BCUT2D eigenvalue weighted by atomic mass is 16.4. The lowest BCUT2D eigenvalue weighted by Gasteiger charge is -2.22. The van der Waals surface area contributed by atoms with Crippen LogP contribution in [0, 0.1) is 0 Å². The van der Waals surface area contributed by atoms with Crippen molar-refractivity contribution in [3.8, 4) is 0 Å². The summed E-state index contributed by atoms with van der Waals surface area (Å²) in [7, 11) is 0. The van der Waals surface area contributed by atoms with E-state index in [1.54, 1.807) is 0 Å². The number of oxazole rings is 1. The maximum absolute atomic E-state index is 11.2. The third-order valence-corrected chi connectivity index (χ3v) is 3.21. The second-order valence-electron chi connectivity index (χ2n) is 4.28. The number of rotatable bonds is 1. The maximum atomic E-state index is 11.2.